The average molecular weight is 400 g/mol. The Bertz CT molecular complexity index is 815. The van der Waals surface area contributed by atoms with Crippen molar-refractivity contribution in [3.63, 3.8) is 0 Å². The van der Waals surface area contributed by atoms with Gasteiger partial charge in [-0.25, -0.2) is 14.8 Å². The standard InChI is InChI=1S/C17H17ClF3N5O/c1-11-10-25(15-13(18)3-2-6-22-15)7-8-26(11)16(27)24-14-5-4-12(9-23-14)17(19,20)21/h2-6,9,11H,7-8,10H2,1H3,(H,23,24,27)/t11-/m1/s1. The third-order valence-electron chi connectivity index (χ3n) is 4.25. The summed E-state index contributed by atoms with van der Waals surface area (Å²) in [5, 5.41) is 3.07. The van der Waals surface area contributed by atoms with Crippen LogP contribution < -0.4 is 10.2 Å². The number of halogens is 4. The summed E-state index contributed by atoms with van der Waals surface area (Å²) in [5.41, 5.74) is -0.866. The van der Waals surface area contributed by atoms with Crippen LogP contribution in [0.5, 0.6) is 0 Å². The second kappa shape index (κ2) is 7.59. The second-order valence-corrected chi connectivity index (χ2v) is 6.56. The lowest BCUT2D eigenvalue weighted by Crippen LogP contribution is -2.55. The number of aromatic nitrogens is 2. The van der Waals surface area contributed by atoms with Gasteiger partial charge in [0.15, 0.2) is 0 Å². The average Bonchev–Trinajstić information content (AvgIpc) is 2.61. The van der Waals surface area contributed by atoms with Gasteiger partial charge in [0, 0.05) is 38.1 Å². The minimum absolute atomic E-state index is 0.0652. The molecule has 0 radical (unpaired) electrons. The number of amides is 2. The first-order valence-electron chi connectivity index (χ1n) is 8.22. The number of hydrogen-bond acceptors (Lipinski definition) is 4. The molecule has 1 aliphatic heterocycles. The Morgan fingerprint density at radius 1 is 1.26 bits per heavy atom. The van der Waals surface area contributed by atoms with Crippen LogP contribution in [-0.2, 0) is 6.18 Å². The predicted octanol–water partition coefficient (Wildman–Crippen LogP) is 3.89. The smallest absolute Gasteiger partial charge is 0.352 e. The zero-order chi connectivity index (χ0) is 19.6. The fraction of sp³-hybridized carbons (Fsp3) is 0.353. The van der Waals surface area contributed by atoms with Crippen LogP contribution in [0.15, 0.2) is 36.7 Å². The van der Waals surface area contributed by atoms with E-state index in [9.17, 15) is 18.0 Å². The number of pyridine rings is 2. The van der Waals surface area contributed by atoms with E-state index in [1.165, 1.54) is 0 Å². The number of urea groups is 1. The molecule has 2 aromatic rings. The summed E-state index contributed by atoms with van der Waals surface area (Å²) in [6, 6.07) is 4.95. The number of nitrogens with zero attached hydrogens (tertiary/aromatic N) is 4. The van der Waals surface area contributed by atoms with Crippen LogP contribution in [0.4, 0.5) is 29.6 Å². The molecule has 0 spiro atoms. The highest BCUT2D eigenvalue weighted by Crippen LogP contribution is 2.29. The molecule has 3 rings (SSSR count). The van der Waals surface area contributed by atoms with E-state index in [2.05, 4.69) is 15.3 Å². The molecule has 3 heterocycles. The Kier molecular flexibility index (Phi) is 5.41. The SMILES string of the molecule is C[C@@H]1CN(c2ncccc2Cl)CCN1C(=O)Nc1ccc(C(F)(F)F)cn1. The van der Waals surface area contributed by atoms with E-state index in [1.807, 2.05) is 11.8 Å². The van der Waals surface area contributed by atoms with Crippen molar-refractivity contribution >= 4 is 29.3 Å². The number of anilines is 2. The van der Waals surface area contributed by atoms with E-state index in [-0.39, 0.29) is 11.9 Å². The third-order valence-corrected chi connectivity index (χ3v) is 4.55. The minimum Gasteiger partial charge on any atom is -0.352 e. The molecule has 10 heteroatoms. The molecule has 0 saturated carbocycles. The molecule has 0 aromatic carbocycles. The van der Waals surface area contributed by atoms with Gasteiger partial charge in [0.2, 0.25) is 0 Å². The molecule has 1 atom stereocenters. The van der Waals surface area contributed by atoms with Gasteiger partial charge < -0.3 is 9.80 Å². The van der Waals surface area contributed by atoms with E-state index < -0.39 is 17.8 Å². The number of alkyl halides is 3. The summed E-state index contributed by atoms with van der Waals surface area (Å²) >= 11 is 6.17. The summed E-state index contributed by atoms with van der Waals surface area (Å²) < 4.78 is 37.7. The molecule has 1 saturated heterocycles. The zero-order valence-electron chi connectivity index (χ0n) is 14.4. The first-order valence-corrected chi connectivity index (χ1v) is 8.60. The van der Waals surface area contributed by atoms with Gasteiger partial charge in [0.05, 0.1) is 10.6 Å². The summed E-state index contributed by atoms with van der Waals surface area (Å²) in [5.74, 6) is 0.728. The van der Waals surface area contributed by atoms with Crippen molar-refractivity contribution in [3.8, 4) is 0 Å². The van der Waals surface area contributed by atoms with E-state index >= 15 is 0 Å². The Balaban J connectivity index is 1.62. The maximum Gasteiger partial charge on any atom is 0.417 e. The predicted molar refractivity (Wildman–Crippen MR) is 95.9 cm³/mol. The highest BCUT2D eigenvalue weighted by Gasteiger charge is 2.31. The summed E-state index contributed by atoms with van der Waals surface area (Å²) in [4.78, 5) is 24.0. The summed E-state index contributed by atoms with van der Waals surface area (Å²) in [7, 11) is 0. The Labute approximate surface area is 159 Å². The zero-order valence-corrected chi connectivity index (χ0v) is 15.1. The lowest BCUT2D eigenvalue weighted by Gasteiger charge is -2.40. The summed E-state index contributed by atoms with van der Waals surface area (Å²) in [6.45, 7) is 3.36. The normalized spacial score (nSPS) is 17.7. The highest BCUT2D eigenvalue weighted by molar-refractivity contribution is 6.32. The molecule has 2 aromatic heterocycles. The Morgan fingerprint density at radius 3 is 2.63 bits per heavy atom. The number of rotatable bonds is 2. The number of piperazine rings is 1. The number of hydrogen-bond donors (Lipinski definition) is 1. The molecule has 0 bridgehead atoms. The van der Waals surface area contributed by atoms with Gasteiger partial charge >= 0.3 is 12.2 Å². The molecule has 1 N–H and O–H groups in total. The lowest BCUT2D eigenvalue weighted by molar-refractivity contribution is -0.137. The van der Waals surface area contributed by atoms with Crippen LogP contribution in [0, 0.1) is 0 Å². The van der Waals surface area contributed by atoms with Gasteiger partial charge in [-0.1, -0.05) is 11.6 Å². The van der Waals surface area contributed by atoms with Gasteiger partial charge in [0.25, 0.3) is 0 Å². The Morgan fingerprint density at radius 2 is 2.04 bits per heavy atom. The first-order chi connectivity index (χ1) is 12.8. The third kappa shape index (κ3) is 4.41. The number of carbonyl (C=O) groups excluding carboxylic acids is 1. The topological polar surface area (TPSA) is 61.4 Å². The lowest BCUT2D eigenvalue weighted by atomic mass is 10.2. The first kappa shape index (κ1) is 19.2. The van der Waals surface area contributed by atoms with E-state index in [0.717, 1.165) is 12.1 Å². The van der Waals surface area contributed by atoms with Crippen LogP contribution in [0.1, 0.15) is 12.5 Å². The van der Waals surface area contributed by atoms with Crippen molar-refractivity contribution in [3.05, 3.63) is 47.2 Å². The van der Waals surface area contributed by atoms with Gasteiger partial charge in [-0.2, -0.15) is 13.2 Å². The fourth-order valence-electron chi connectivity index (χ4n) is 2.88. The quantitative estimate of drug-likeness (QED) is 0.832. The van der Waals surface area contributed by atoms with Crippen LogP contribution in [0.25, 0.3) is 0 Å². The number of nitrogens with one attached hydrogen (secondary N) is 1. The van der Waals surface area contributed by atoms with Crippen LogP contribution in [0.3, 0.4) is 0 Å². The van der Waals surface area contributed by atoms with Crippen LogP contribution in [0.2, 0.25) is 5.02 Å². The van der Waals surface area contributed by atoms with Crippen molar-refractivity contribution in [2.45, 2.75) is 19.1 Å². The Hall–Kier alpha value is -2.55. The molecular weight excluding hydrogens is 383 g/mol. The highest BCUT2D eigenvalue weighted by atomic mass is 35.5. The molecule has 144 valence electrons. The van der Waals surface area contributed by atoms with E-state index in [4.69, 9.17) is 11.6 Å². The largest absolute Gasteiger partial charge is 0.417 e. The maximum atomic E-state index is 12.6. The molecule has 6 nitrogen and oxygen atoms in total. The van der Waals surface area contributed by atoms with Crippen LogP contribution >= 0.6 is 11.6 Å². The van der Waals surface area contributed by atoms with Gasteiger partial charge in [-0.05, 0) is 31.2 Å². The van der Waals surface area contributed by atoms with Gasteiger partial charge in [-0.3, -0.25) is 5.32 Å². The van der Waals surface area contributed by atoms with Crippen molar-refractivity contribution in [2.24, 2.45) is 0 Å². The molecular formula is C17H17ClF3N5O. The fourth-order valence-corrected chi connectivity index (χ4v) is 3.12. The van der Waals surface area contributed by atoms with Gasteiger partial charge in [0.1, 0.15) is 11.6 Å². The number of carbonyl (C=O) groups is 1. The molecule has 0 unspecified atom stereocenters. The summed E-state index contributed by atoms with van der Waals surface area (Å²) in [6.07, 6.45) is -2.12. The van der Waals surface area contributed by atoms with Crippen molar-refractivity contribution in [2.75, 3.05) is 29.9 Å². The molecule has 2 amide bonds. The monoisotopic (exact) mass is 399 g/mol. The van der Waals surface area contributed by atoms with Gasteiger partial charge in [-0.15, -0.1) is 0 Å². The molecule has 27 heavy (non-hydrogen) atoms. The second-order valence-electron chi connectivity index (χ2n) is 6.16. The van der Waals surface area contributed by atoms with Crippen molar-refractivity contribution in [1.29, 1.82) is 0 Å². The molecule has 0 aliphatic carbocycles. The van der Waals surface area contributed by atoms with E-state index in [1.54, 1.807) is 23.2 Å². The van der Waals surface area contributed by atoms with Crippen molar-refractivity contribution < 1.29 is 18.0 Å². The molecule has 1 aliphatic rings. The molecule has 1 fully saturated rings. The minimum atomic E-state index is -4.47. The van der Waals surface area contributed by atoms with Crippen LogP contribution in [-0.4, -0.2) is 46.6 Å². The maximum absolute atomic E-state index is 12.6. The van der Waals surface area contributed by atoms with E-state index in [0.29, 0.717) is 36.7 Å². The van der Waals surface area contributed by atoms with Crippen molar-refractivity contribution in [1.82, 2.24) is 14.9 Å².